The van der Waals surface area contributed by atoms with E-state index in [1.54, 1.807) is 0 Å². The monoisotopic (exact) mass is 634 g/mol. The third-order valence-corrected chi connectivity index (χ3v) is 12.1. The minimum absolute atomic E-state index is 0.182. The fraction of sp³-hybridized carbons (Fsp3) is 0.391. The largest absolute Gasteiger partial charge is 0.0652 e. The van der Waals surface area contributed by atoms with Crippen LogP contribution < -0.4 is 0 Å². The fourth-order valence-corrected chi connectivity index (χ4v) is 8.96. The van der Waals surface area contributed by atoms with Crippen LogP contribution in [-0.2, 0) is 10.8 Å². The Kier molecular flexibility index (Phi) is 9.68. The average Bonchev–Trinajstić information content (AvgIpc) is 3.54. The van der Waals surface area contributed by atoms with Crippen molar-refractivity contribution in [2.24, 2.45) is 0 Å². The summed E-state index contributed by atoms with van der Waals surface area (Å²) in [5.74, 6) is 1.15. The smallest absolute Gasteiger partial charge is 0.0378 e. The summed E-state index contributed by atoms with van der Waals surface area (Å²) in [6, 6.07) is 35.2. The summed E-state index contributed by atoms with van der Waals surface area (Å²) in [5.41, 5.74) is 17.6. The second kappa shape index (κ2) is 13.6. The molecule has 0 amide bonds. The third-order valence-electron chi connectivity index (χ3n) is 10.7. The summed E-state index contributed by atoms with van der Waals surface area (Å²) in [6.45, 7) is 18.4. The van der Waals surface area contributed by atoms with Crippen molar-refractivity contribution in [3.63, 3.8) is 0 Å². The van der Waals surface area contributed by atoms with Crippen LogP contribution in [0.5, 0.6) is 0 Å². The fourth-order valence-electron chi connectivity index (χ4n) is 7.80. The van der Waals surface area contributed by atoms with Gasteiger partial charge in [0, 0.05) is 21.4 Å². The lowest BCUT2D eigenvalue weighted by molar-refractivity contribution is 0.590. The molecule has 0 fully saturated rings. The second-order valence-corrected chi connectivity index (χ2v) is 17.7. The van der Waals surface area contributed by atoms with Crippen molar-refractivity contribution in [1.29, 1.82) is 0 Å². The molecule has 2 aliphatic carbocycles. The highest BCUT2D eigenvalue weighted by molar-refractivity contribution is 6.35. The van der Waals surface area contributed by atoms with E-state index in [9.17, 15) is 0 Å². The molecular weight excluding hydrogens is 581 g/mol. The van der Waals surface area contributed by atoms with Crippen molar-refractivity contribution in [1.82, 2.24) is 0 Å². The Morgan fingerprint density at radius 1 is 0.511 bits per heavy atom. The van der Waals surface area contributed by atoms with Gasteiger partial charge in [0.05, 0.1) is 0 Å². The molecule has 2 unspecified atom stereocenters. The normalized spacial score (nSPS) is 17.4. The summed E-state index contributed by atoms with van der Waals surface area (Å²) in [4.78, 5) is 0. The first kappa shape index (κ1) is 33.5. The molecule has 242 valence electrons. The van der Waals surface area contributed by atoms with Gasteiger partial charge in [-0.05, 0) is 93.2 Å². The molecule has 2 atom stereocenters. The Labute approximate surface area is 288 Å². The maximum Gasteiger partial charge on any atom is 0.0378 e. The van der Waals surface area contributed by atoms with Gasteiger partial charge in [0.25, 0.3) is 0 Å². The maximum atomic E-state index is 2.47. The van der Waals surface area contributed by atoms with E-state index in [-0.39, 0.29) is 10.8 Å². The molecule has 47 heavy (non-hydrogen) atoms. The van der Waals surface area contributed by atoms with E-state index in [0.717, 1.165) is 9.52 Å². The molecule has 4 aromatic rings. The van der Waals surface area contributed by atoms with Gasteiger partial charge in [-0.15, -0.1) is 0 Å². The zero-order valence-corrected chi connectivity index (χ0v) is 31.1. The molecule has 0 aromatic heterocycles. The highest BCUT2D eigenvalue weighted by atomic mass is 28.2. The van der Waals surface area contributed by atoms with Gasteiger partial charge in [-0.1, -0.05) is 175 Å². The Bertz CT molecular complexity index is 1630. The van der Waals surface area contributed by atoms with Gasteiger partial charge in [0.15, 0.2) is 0 Å². The van der Waals surface area contributed by atoms with Crippen molar-refractivity contribution in [3.8, 4) is 22.3 Å². The third kappa shape index (κ3) is 7.21. The Hall–Kier alpha value is -3.42. The maximum absolute atomic E-state index is 2.47. The Morgan fingerprint density at radius 2 is 0.894 bits per heavy atom. The van der Waals surface area contributed by atoms with Crippen molar-refractivity contribution < 1.29 is 0 Å². The number of hydrogen-bond donors (Lipinski definition) is 0. The lowest BCUT2D eigenvalue weighted by Crippen LogP contribution is -2.10. The van der Waals surface area contributed by atoms with Crippen molar-refractivity contribution in [2.45, 2.75) is 116 Å². The van der Waals surface area contributed by atoms with Crippen LogP contribution >= 0.6 is 0 Å². The highest BCUT2D eigenvalue weighted by Crippen LogP contribution is 2.45. The minimum Gasteiger partial charge on any atom is -0.0652 e. The molecule has 0 nitrogen and oxygen atoms in total. The molecule has 0 heterocycles. The Balaban J connectivity index is 1.00. The highest BCUT2D eigenvalue weighted by Gasteiger charge is 2.26. The van der Waals surface area contributed by atoms with Crippen LogP contribution in [0.2, 0.25) is 12.1 Å². The van der Waals surface area contributed by atoms with Crippen LogP contribution in [0.3, 0.4) is 0 Å². The molecule has 0 saturated heterocycles. The molecule has 0 bridgehead atoms. The van der Waals surface area contributed by atoms with Gasteiger partial charge in [-0.3, -0.25) is 0 Å². The van der Waals surface area contributed by atoms with Crippen molar-refractivity contribution >= 4 is 21.7 Å². The summed E-state index contributed by atoms with van der Waals surface area (Å²) in [5, 5.41) is 0. The zero-order valence-electron chi connectivity index (χ0n) is 30.1. The van der Waals surface area contributed by atoms with Gasteiger partial charge in [-0.25, -0.2) is 0 Å². The van der Waals surface area contributed by atoms with Crippen LogP contribution in [0.1, 0.15) is 126 Å². The molecular formula is C46H54Si. The second-order valence-electron chi connectivity index (χ2n) is 16.2. The molecule has 4 aromatic carbocycles. The Morgan fingerprint density at radius 3 is 1.26 bits per heavy atom. The standard InChI is InChI=1S/C46H54Si/c1-31-29-43-39(33-19-23-35(24-20-33)45(3,4)5)13-9-15-41(43)37(31)17-11-27-47-28-12-18-38-32(2)30-44-40(14-10-16-42(38)44)34-21-25-36(26-22-34)46(6,7)8/h9-10,13-16,19-26,29-30,37-38H,11-12,17-18,27-28H2,1-8H3. The average molecular weight is 635 g/mol. The van der Waals surface area contributed by atoms with Gasteiger partial charge >= 0.3 is 0 Å². The van der Waals surface area contributed by atoms with Crippen LogP contribution in [0.4, 0.5) is 0 Å². The van der Waals surface area contributed by atoms with E-state index in [4.69, 9.17) is 0 Å². The summed E-state index contributed by atoms with van der Waals surface area (Å²) in [6.07, 6.45) is 10.1. The lowest BCUT2D eigenvalue weighted by atomic mass is 9.85. The summed E-state index contributed by atoms with van der Waals surface area (Å²) >= 11 is 0. The topological polar surface area (TPSA) is 0 Å². The predicted molar refractivity (Wildman–Crippen MR) is 208 cm³/mol. The van der Waals surface area contributed by atoms with E-state index >= 15 is 0 Å². The zero-order chi connectivity index (χ0) is 33.3. The van der Waals surface area contributed by atoms with E-state index < -0.39 is 0 Å². The first-order chi connectivity index (χ1) is 22.4. The van der Waals surface area contributed by atoms with E-state index in [1.807, 2.05) is 0 Å². The van der Waals surface area contributed by atoms with Gasteiger partial charge in [0.1, 0.15) is 0 Å². The number of benzene rings is 4. The molecule has 2 radical (unpaired) electrons. The quantitative estimate of drug-likeness (QED) is 0.120. The van der Waals surface area contributed by atoms with E-state index in [2.05, 4.69) is 152 Å². The van der Waals surface area contributed by atoms with Crippen LogP contribution in [0, 0.1) is 0 Å². The predicted octanol–water partition coefficient (Wildman–Crippen LogP) is 13.4. The molecule has 2 aliphatic rings. The van der Waals surface area contributed by atoms with Crippen LogP contribution in [0.25, 0.3) is 34.4 Å². The number of hydrogen-bond acceptors (Lipinski definition) is 0. The van der Waals surface area contributed by atoms with Gasteiger partial charge < -0.3 is 0 Å². The molecule has 0 spiro atoms. The number of allylic oxidation sites excluding steroid dienone is 2. The molecule has 0 aliphatic heterocycles. The van der Waals surface area contributed by atoms with E-state index in [1.165, 1.54) is 105 Å². The molecule has 0 saturated carbocycles. The minimum atomic E-state index is 0.182. The van der Waals surface area contributed by atoms with Gasteiger partial charge in [0.2, 0.25) is 0 Å². The summed E-state index contributed by atoms with van der Waals surface area (Å²) in [7, 11) is 1.07. The molecule has 6 rings (SSSR count). The summed E-state index contributed by atoms with van der Waals surface area (Å²) < 4.78 is 0. The lowest BCUT2D eigenvalue weighted by Gasteiger charge is -2.20. The molecule has 1 heteroatoms. The molecule has 0 N–H and O–H groups in total. The SMILES string of the molecule is CC1=Cc2c(-c3ccc(C(C)(C)C)cc3)cccc2C1CCC[Si]CCCC1C(C)=Cc2c(-c3ccc(C(C)(C)C)cc3)cccc21. The van der Waals surface area contributed by atoms with Gasteiger partial charge in [-0.2, -0.15) is 0 Å². The number of fused-ring (bicyclic) bond motifs is 2. The first-order valence-corrected chi connectivity index (χ1v) is 19.4. The first-order valence-electron chi connectivity index (χ1n) is 18.0. The van der Waals surface area contributed by atoms with Crippen LogP contribution in [0.15, 0.2) is 96.1 Å². The van der Waals surface area contributed by atoms with E-state index in [0.29, 0.717) is 11.8 Å². The number of rotatable bonds is 10. The van der Waals surface area contributed by atoms with Crippen LogP contribution in [-0.4, -0.2) is 9.52 Å². The van der Waals surface area contributed by atoms with Crippen molar-refractivity contribution in [3.05, 3.63) is 129 Å². The van der Waals surface area contributed by atoms with Crippen molar-refractivity contribution in [2.75, 3.05) is 0 Å².